The van der Waals surface area contributed by atoms with E-state index < -0.39 is 0 Å². The molecular weight excluding hydrogens is 286 g/mol. The molecule has 1 fully saturated rings. The van der Waals surface area contributed by atoms with Crippen molar-refractivity contribution in [2.24, 2.45) is 0 Å². The van der Waals surface area contributed by atoms with E-state index >= 15 is 0 Å². The van der Waals surface area contributed by atoms with Crippen molar-refractivity contribution < 1.29 is 5.11 Å². The maximum absolute atomic E-state index is 9.60. The number of aromatic hydroxyl groups is 1. The van der Waals surface area contributed by atoms with Crippen molar-refractivity contribution >= 4 is 0 Å². The number of pyridine rings is 1. The number of hydrogen-bond donors (Lipinski definition) is 2. The Labute approximate surface area is 138 Å². The van der Waals surface area contributed by atoms with Crippen LogP contribution in [0.4, 0.5) is 0 Å². The van der Waals surface area contributed by atoms with Gasteiger partial charge in [-0.25, -0.2) is 0 Å². The number of phenolic OH excluding ortho intramolecular Hbond substituents is 1. The minimum Gasteiger partial charge on any atom is -0.508 e. The van der Waals surface area contributed by atoms with Crippen molar-refractivity contribution in [3.05, 3.63) is 59.9 Å². The van der Waals surface area contributed by atoms with Gasteiger partial charge in [-0.2, -0.15) is 0 Å². The minimum atomic E-state index is 0.259. The summed E-state index contributed by atoms with van der Waals surface area (Å²) >= 11 is 0. The van der Waals surface area contributed by atoms with Crippen molar-refractivity contribution in [1.29, 1.82) is 0 Å². The Morgan fingerprint density at radius 1 is 1.22 bits per heavy atom. The molecular formula is C19H25N3O. The first-order valence-electron chi connectivity index (χ1n) is 8.38. The lowest BCUT2D eigenvalue weighted by Crippen LogP contribution is -2.43. The van der Waals surface area contributed by atoms with Gasteiger partial charge in [0.15, 0.2) is 0 Å². The van der Waals surface area contributed by atoms with E-state index in [4.69, 9.17) is 0 Å². The van der Waals surface area contributed by atoms with E-state index in [1.165, 1.54) is 0 Å². The Hall–Kier alpha value is -1.91. The van der Waals surface area contributed by atoms with Gasteiger partial charge in [-0.3, -0.25) is 9.88 Å². The van der Waals surface area contributed by atoms with Gasteiger partial charge in [-0.05, 0) is 49.6 Å². The van der Waals surface area contributed by atoms with Crippen LogP contribution >= 0.6 is 0 Å². The third kappa shape index (κ3) is 4.53. The lowest BCUT2D eigenvalue weighted by molar-refractivity contribution is 0.183. The molecule has 4 heteroatoms. The van der Waals surface area contributed by atoms with Crippen LogP contribution < -0.4 is 5.32 Å². The quantitative estimate of drug-likeness (QED) is 0.891. The Morgan fingerprint density at radius 3 is 2.74 bits per heavy atom. The Kier molecular flexibility index (Phi) is 5.26. The number of likely N-dealkylation sites (tertiary alicyclic amines) is 1. The number of piperidine rings is 1. The van der Waals surface area contributed by atoms with Gasteiger partial charge in [0.1, 0.15) is 5.75 Å². The third-order valence-electron chi connectivity index (χ3n) is 4.56. The largest absolute Gasteiger partial charge is 0.508 e. The summed E-state index contributed by atoms with van der Waals surface area (Å²) in [5.41, 5.74) is 2.29. The van der Waals surface area contributed by atoms with Gasteiger partial charge in [0, 0.05) is 37.9 Å². The Bertz CT molecular complexity index is 609. The van der Waals surface area contributed by atoms with Crippen LogP contribution in [0.3, 0.4) is 0 Å². The van der Waals surface area contributed by atoms with Crippen LogP contribution in [0.25, 0.3) is 0 Å². The highest BCUT2D eigenvalue weighted by atomic mass is 16.3. The predicted molar refractivity (Wildman–Crippen MR) is 92.2 cm³/mol. The molecule has 3 rings (SSSR count). The molecule has 0 bridgehead atoms. The van der Waals surface area contributed by atoms with Gasteiger partial charge in [0.25, 0.3) is 0 Å². The highest BCUT2D eigenvalue weighted by molar-refractivity contribution is 5.29. The molecule has 1 aromatic carbocycles. The van der Waals surface area contributed by atoms with Crippen molar-refractivity contribution in [3.8, 4) is 5.75 Å². The van der Waals surface area contributed by atoms with Gasteiger partial charge in [-0.1, -0.05) is 18.2 Å². The Balaban J connectivity index is 1.47. The summed E-state index contributed by atoms with van der Waals surface area (Å²) in [5.74, 6) is 0.335. The SMILES string of the molecule is C[C@@H](NC1CCN(Cc2ccccn2)CC1)c1cccc(O)c1. The molecule has 1 aromatic heterocycles. The molecule has 0 spiro atoms. The molecule has 0 amide bonds. The number of aromatic nitrogens is 1. The van der Waals surface area contributed by atoms with E-state index in [1.807, 2.05) is 30.5 Å². The summed E-state index contributed by atoms with van der Waals surface area (Å²) in [6.45, 7) is 5.30. The highest BCUT2D eigenvalue weighted by Crippen LogP contribution is 2.21. The van der Waals surface area contributed by atoms with Crippen LogP contribution in [-0.2, 0) is 6.54 Å². The van der Waals surface area contributed by atoms with Crippen molar-refractivity contribution in [2.45, 2.75) is 38.4 Å². The van der Waals surface area contributed by atoms with E-state index in [-0.39, 0.29) is 6.04 Å². The molecule has 4 nitrogen and oxygen atoms in total. The fourth-order valence-corrected chi connectivity index (χ4v) is 3.22. The molecule has 2 aromatic rings. The summed E-state index contributed by atoms with van der Waals surface area (Å²) in [7, 11) is 0. The molecule has 0 unspecified atom stereocenters. The molecule has 0 radical (unpaired) electrons. The van der Waals surface area contributed by atoms with E-state index in [9.17, 15) is 5.11 Å². The van der Waals surface area contributed by atoms with Gasteiger partial charge < -0.3 is 10.4 Å². The summed E-state index contributed by atoms with van der Waals surface area (Å²) in [6, 6.07) is 14.4. The zero-order valence-electron chi connectivity index (χ0n) is 13.7. The number of benzene rings is 1. The van der Waals surface area contributed by atoms with Crippen LogP contribution in [0.2, 0.25) is 0 Å². The topological polar surface area (TPSA) is 48.4 Å². The summed E-state index contributed by atoms with van der Waals surface area (Å²) < 4.78 is 0. The monoisotopic (exact) mass is 311 g/mol. The molecule has 23 heavy (non-hydrogen) atoms. The number of phenols is 1. The average molecular weight is 311 g/mol. The molecule has 2 N–H and O–H groups in total. The zero-order valence-corrected chi connectivity index (χ0v) is 13.7. The zero-order chi connectivity index (χ0) is 16.1. The molecule has 122 valence electrons. The minimum absolute atomic E-state index is 0.259. The lowest BCUT2D eigenvalue weighted by Gasteiger charge is -2.33. The van der Waals surface area contributed by atoms with Crippen LogP contribution in [0, 0.1) is 0 Å². The maximum Gasteiger partial charge on any atom is 0.115 e. The van der Waals surface area contributed by atoms with Gasteiger partial charge in [0.05, 0.1) is 5.69 Å². The average Bonchev–Trinajstić information content (AvgIpc) is 2.57. The molecule has 1 atom stereocenters. The van der Waals surface area contributed by atoms with E-state index in [0.717, 1.165) is 43.7 Å². The van der Waals surface area contributed by atoms with Crippen LogP contribution in [0.15, 0.2) is 48.7 Å². The molecule has 1 aliphatic heterocycles. The second-order valence-electron chi connectivity index (χ2n) is 6.35. The first-order valence-corrected chi connectivity index (χ1v) is 8.38. The summed E-state index contributed by atoms with van der Waals surface area (Å²) in [6.07, 6.45) is 4.16. The lowest BCUT2D eigenvalue weighted by atomic mass is 10.0. The van der Waals surface area contributed by atoms with E-state index in [0.29, 0.717) is 11.8 Å². The smallest absolute Gasteiger partial charge is 0.115 e. The van der Waals surface area contributed by atoms with Crippen molar-refractivity contribution in [1.82, 2.24) is 15.2 Å². The fraction of sp³-hybridized carbons (Fsp3) is 0.421. The molecule has 2 heterocycles. The van der Waals surface area contributed by atoms with Crippen LogP contribution in [0.5, 0.6) is 5.75 Å². The van der Waals surface area contributed by atoms with Crippen LogP contribution in [0.1, 0.15) is 37.1 Å². The van der Waals surface area contributed by atoms with Gasteiger partial charge >= 0.3 is 0 Å². The number of nitrogens with one attached hydrogen (secondary N) is 1. The normalized spacial score (nSPS) is 18.0. The predicted octanol–water partition coefficient (Wildman–Crippen LogP) is 3.10. The van der Waals surface area contributed by atoms with Crippen molar-refractivity contribution in [2.75, 3.05) is 13.1 Å². The standard InChI is InChI=1S/C19H25N3O/c1-15(16-5-4-7-19(23)13-16)21-17-8-11-22(12-9-17)14-18-6-2-3-10-20-18/h2-7,10,13,15,17,21,23H,8-9,11-12,14H2,1H3/t15-/m1/s1. The summed E-state index contributed by atoms with van der Waals surface area (Å²) in [5, 5.41) is 13.3. The van der Waals surface area contributed by atoms with Crippen LogP contribution in [-0.4, -0.2) is 34.1 Å². The highest BCUT2D eigenvalue weighted by Gasteiger charge is 2.21. The van der Waals surface area contributed by atoms with Gasteiger partial charge in [-0.15, -0.1) is 0 Å². The molecule has 1 saturated heterocycles. The number of rotatable bonds is 5. The summed E-state index contributed by atoms with van der Waals surface area (Å²) in [4.78, 5) is 6.88. The van der Waals surface area contributed by atoms with Gasteiger partial charge in [0.2, 0.25) is 0 Å². The first kappa shape index (κ1) is 16.0. The molecule has 0 saturated carbocycles. The Morgan fingerprint density at radius 2 is 2.04 bits per heavy atom. The van der Waals surface area contributed by atoms with E-state index in [2.05, 4.69) is 34.3 Å². The number of nitrogens with zero attached hydrogens (tertiary/aromatic N) is 2. The second kappa shape index (κ2) is 7.57. The number of hydrogen-bond acceptors (Lipinski definition) is 4. The second-order valence-corrected chi connectivity index (χ2v) is 6.35. The van der Waals surface area contributed by atoms with Crippen molar-refractivity contribution in [3.63, 3.8) is 0 Å². The molecule has 0 aliphatic carbocycles. The third-order valence-corrected chi connectivity index (χ3v) is 4.56. The molecule has 1 aliphatic rings. The van der Waals surface area contributed by atoms with E-state index in [1.54, 1.807) is 6.07 Å². The fourth-order valence-electron chi connectivity index (χ4n) is 3.22. The first-order chi connectivity index (χ1) is 11.2. The maximum atomic E-state index is 9.60.